The zero-order chi connectivity index (χ0) is 28.1. The van der Waals surface area contributed by atoms with Crippen molar-refractivity contribution < 1.29 is 24.5 Å². The van der Waals surface area contributed by atoms with Crippen molar-refractivity contribution in [1.82, 2.24) is 25.2 Å². The Balaban J connectivity index is 1.26. The first-order valence-corrected chi connectivity index (χ1v) is 13.7. The van der Waals surface area contributed by atoms with Crippen LogP contribution >= 0.6 is 11.6 Å². The Morgan fingerprint density at radius 2 is 2.08 bits per heavy atom. The molecule has 1 amide bonds. The second kappa shape index (κ2) is 12.9. The summed E-state index contributed by atoms with van der Waals surface area (Å²) in [6.45, 7) is 3.71. The number of hydrogen-bond donors (Lipinski definition) is 4. The third-order valence-electron chi connectivity index (χ3n) is 6.97. The van der Waals surface area contributed by atoms with Gasteiger partial charge in [0.1, 0.15) is 6.23 Å². The number of aliphatic hydroxyl groups excluding tert-OH is 2. The Morgan fingerprint density at radius 3 is 2.85 bits per heavy atom. The molecule has 0 radical (unpaired) electrons. The first-order chi connectivity index (χ1) is 19.4. The lowest BCUT2D eigenvalue weighted by atomic mass is 10.0. The fraction of sp³-hybridized carbons (Fsp3) is 0.429. The monoisotopic (exact) mass is 568 g/mol. The number of nitrogens with zero attached hydrogens (tertiary/aromatic N) is 4. The van der Waals surface area contributed by atoms with Crippen molar-refractivity contribution in [3.8, 4) is 17.1 Å². The molecular formula is C28H33ClN6O5. The summed E-state index contributed by atoms with van der Waals surface area (Å²) in [6.07, 6.45) is 2.34. The summed E-state index contributed by atoms with van der Waals surface area (Å²) in [5, 5.41) is 27.5. The Labute approximate surface area is 237 Å². The second-order valence-electron chi connectivity index (χ2n) is 9.75. The molecule has 0 aliphatic carbocycles. The van der Waals surface area contributed by atoms with E-state index in [9.17, 15) is 15.0 Å². The number of aromatic nitrogens is 3. The lowest BCUT2D eigenvalue weighted by Gasteiger charge is -2.23. The lowest BCUT2D eigenvalue weighted by Crippen LogP contribution is -2.39. The number of ether oxygens (including phenoxy) is 2. The molecule has 0 spiro atoms. The van der Waals surface area contributed by atoms with Crippen LogP contribution < -0.4 is 15.4 Å². The van der Waals surface area contributed by atoms with Crippen LogP contribution in [0.5, 0.6) is 5.88 Å². The number of nitrogens with one attached hydrogen (secondary N) is 2. The van der Waals surface area contributed by atoms with E-state index in [0.717, 1.165) is 24.0 Å². The molecule has 212 valence electrons. The molecular weight excluding hydrogens is 536 g/mol. The fourth-order valence-electron chi connectivity index (χ4n) is 4.93. The van der Waals surface area contributed by atoms with Crippen molar-refractivity contribution in [3.63, 3.8) is 0 Å². The van der Waals surface area contributed by atoms with Gasteiger partial charge in [-0.1, -0.05) is 29.8 Å². The van der Waals surface area contributed by atoms with Crippen LogP contribution in [0.2, 0.25) is 5.02 Å². The van der Waals surface area contributed by atoms with Gasteiger partial charge in [-0.3, -0.25) is 9.69 Å². The minimum atomic E-state index is -0.992. The van der Waals surface area contributed by atoms with Gasteiger partial charge in [-0.05, 0) is 37.5 Å². The van der Waals surface area contributed by atoms with Crippen molar-refractivity contribution >= 4 is 23.5 Å². The van der Waals surface area contributed by atoms with Crippen LogP contribution in [-0.2, 0) is 16.1 Å². The zero-order valence-corrected chi connectivity index (χ0v) is 23.0. The van der Waals surface area contributed by atoms with Gasteiger partial charge in [0.2, 0.25) is 17.7 Å². The predicted molar refractivity (Wildman–Crippen MR) is 149 cm³/mol. The maximum atomic E-state index is 12.9. The molecule has 12 heteroatoms. The largest absolute Gasteiger partial charge is 0.478 e. The molecule has 2 atom stereocenters. The molecule has 1 unspecified atom stereocenters. The highest BCUT2D eigenvalue weighted by Crippen LogP contribution is 2.36. The molecule has 5 rings (SSSR count). The Hall–Kier alpha value is -3.35. The quantitative estimate of drug-likeness (QED) is 0.288. The summed E-state index contributed by atoms with van der Waals surface area (Å²) >= 11 is 6.47. The molecule has 1 saturated heterocycles. The van der Waals surface area contributed by atoms with Crippen molar-refractivity contribution in [2.75, 3.05) is 38.3 Å². The van der Waals surface area contributed by atoms with E-state index in [1.807, 2.05) is 25.1 Å². The summed E-state index contributed by atoms with van der Waals surface area (Å²) in [4.78, 5) is 27.9. The minimum absolute atomic E-state index is 0.0692. The highest BCUT2D eigenvalue weighted by atomic mass is 35.5. The van der Waals surface area contributed by atoms with E-state index in [4.69, 9.17) is 21.1 Å². The molecule has 2 aliphatic rings. The third kappa shape index (κ3) is 6.51. The van der Waals surface area contributed by atoms with Crippen molar-refractivity contribution in [1.29, 1.82) is 0 Å². The summed E-state index contributed by atoms with van der Waals surface area (Å²) < 4.78 is 10.8. The number of benzene rings is 1. The molecule has 2 aromatic heterocycles. The van der Waals surface area contributed by atoms with Gasteiger partial charge >= 0.3 is 0 Å². The van der Waals surface area contributed by atoms with Crippen LogP contribution in [-0.4, -0.2) is 75.0 Å². The van der Waals surface area contributed by atoms with Crippen LogP contribution in [0.25, 0.3) is 11.3 Å². The van der Waals surface area contributed by atoms with Gasteiger partial charge in [-0.2, -0.15) is 0 Å². The molecule has 1 fully saturated rings. The molecule has 2 aliphatic heterocycles. The highest BCUT2D eigenvalue weighted by Gasteiger charge is 2.31. The van der Waals surface area contributed by atoms with E-state index in [1.54, 1.807) is 29.3 Å². The predicted octanol–water partition coefficient (Wildman–Crippen LogP) is 2.84. The minimum Gasteiger partial charge on any atom is -0.478 e. The van der Waals surface area contributed by atoms with E-state index in [2.05, 4.69) is 25.6 Å². The molecule has 11 nitrogen and oxygen atoms in total. The number of aliphatic hydroxyl groups is 2. The van der Waals surface area contributed by atoms with Gasteiger partial charge in [0.15, 0.2) is 0 Å². The smallest absolute Gasteiger partial charge is 0.234 e. The highest BCUT2D eigenvalue weighted by molar-refractivity contribution is 6.32. The molecule has 4 N–H and O–H groups in total. The summed E-state index contributed by atoms with van der Waals surface area (Å²) in [6, 6.07) is 10.4. The van der Waals surface area contributed by atoms with Crippen LogP contribution in [0, 0.1) is 0 Å². The van der Waals surface area contributed by atoms with E-state index < -0.39 is 12.3 Å². The Kier molecular flexibility index (Phi) is 9.08. The number of amides is 1. The summed E-state index contributed by atoms with van der Waals surface area (Å²) in [7, 11) is 0. The van der Waals surface area contributed by atoms with Crippen molar-refractivity contribution in [2.45, 2.75) is 44.6 Å². The van der Waals surface area contributed by atoms with Gasteiger partial charge in [-0.15, -0.1) is 0 Å². The first kappa shape index (κ1) is 28.2. The molecule has 0 saturated carbocycles. The van der Waals surface area contributed by atoms with E-state index in [1.165, 1.54) is 0 Å². The molecule has 1 aromatic carbocycles. The number of anilines is 1. The number of carbonyl (C=O) groups is 1. The second-order valence-corrected chi connectivity index (χ2v) is 10.2. The molecule has 0 bridgehead atoms. The zero-order valence-electron chi connectivity index (χ0n) is 22.2. The van der Waals surface area contributed by atoms with Gasteiger partial charge in [0.05, 0.1) is 48.4 Å². The van der Waals surface area contributed by atoms with Gasteiger partial charge in [0, 0.05) is 43.0 Å². The van der Waals surface area contributed by atoms with Crippen LogP contribution in [0.3, 0.4) is 0 Å². The normalized spacial score (nSPS) is 18.2. The number of hydrogen-bond acceptors (Lipinski definition) is 10. The number of pyridine rings is 1. The molecule has 3 aromatic rings. The van der Waals surface area contributed by atoms with E-state index >= 15 is 0 Å². The standard InChI is InChI=1S/C28H33ClN6O5/c1-2-40-25-5-3-4-22(33-25)23(16-36)32-24(37)15-35-14-18-7-6-17(12-20(18)27(35)38)26-21(29)13-30-28(34-26)31-19-8-10-39-11-9-19/h3-7,12-13,19,23,27,36,38H,2,8-11,14-16H2,1H3,(H,32,37)(H,30,31,34)/t23-,27?/m1/s1. The number of fused-ring (bicyclic) bond motifs is 1. The van der Waals surface area contributed by atoms with Gasteiger partial charge in [-0.25, -0.2) is 15.0 Å². The van der Waals surface area contributed by atoms with E-state index in [0.29, 0.717) is 60.2 Å². The maximum absolute atomic E-state index is 12.9. The SMILES string of the molecule is CCOc1cccc([C@@H](CO)NC(=O)CN2Cc3ccc(-c4nc(NC5CCOCC5)ncc4Cl)cc3C2O)n1. The average molecular weight is 569 g/mol. The van der Waals surface area contributed by atoms with Gasteiger partial charge < -0.3 is 30.3 Å². The van der Waals surface area contributed by atoms with Crippen LogP contribution in [0.15, 0.2) is 42.6 Å². The molecule has 40 heavy (non-hydrogen) atoms. The molecule has 4 heterocycles. The van der Waals surface area contributed by atoms with Crippen LogP contribution in [0.1, 0.15) is 48.9 Å². The maximum Gasteiger partial charge on any atom is 0.234 e. The fourth-order valence-corrected chi connectivity index (χ4v) is 5.13. The average Bonchev–Trinajstić information content (AvgIpc) is 3.27. The topological polar surface area (TPSA) is 142 Å². The van der Waals surface area contributed by atoms with Gasteiger partial charge in [0.25, 0.3) is 0 Å². The number of rotatable bonds is 10. The summed E-state index contributed by atoms with van der Waals surface area (Å²) in [5.41, 5.74) is 3.38. The van der Waals surface area contributed by atoms with E-state index in [-0.39, 0.29) is 25.1 Å². The third-order valence-corrected chi connectivity index (χ3v) is 7.25. The lowest BCUT2D eigenvalue weighted by molar-refractivity contribution is -0.126. The van der Waals surface area contributed by atoms with Crippen LogP contribution in [0.4, 0.5) is 5.95 Å². The summed E-state index contributed by atoms with van der Waals surface area (Å²) in [5.74, 6) is 0.562. The first-order valence-electron chi connectivity index (χ1n) is 13.4. The number of halogens is 1. The Bertz CT molecular complexity index is 1340. The van der Waals surface area contributed by atoms with Crippen molar-refractivity contribution in [2.24, 2.45) is 0 Å². The Morgan fingerprint density at radius 1 is 1.25 bits per heavy atom. The van der Waals surface area contributed by atoms with Crippen molar-refractivity contribution in [3.05, 3.63) is 64.4 Å². The number of carbonyl (C=O) groups excluding carboxylic acids is 1.